The molecule has 3 nitrogen and oxygen atoms in total. The second-order valence-corrected chi connectivity index (χ2v) is 4.42. The highest BCUT2D eigenvalue weighted by Crippen LogP contribution is 2.47. The lowest BCUT2D eigenvalue weighted by Gasteiger charge is -2.37. The van der Waals surface area contributed by atoms with Crippen LogP contribution >= 0.6 is 0 Å². The van der Waals surface area contributed by atoms with Crippen LogP contribution in [0.3, 0.4) is 0 Å². The number of ether oxygens (including phenoxy) is 1. The average Bonchev–Trinajstić information content (AvgIpc) is 2.48. The van der Waals surface area contributed by atoms with E-state index in [4.69, 9.17) is 0 Å². The molecular weight excluding hydrogens is 166 g/mol. The molecule has 1 spiro atoms. The van der Waals surface area contributed by atoms with Gasteiger partial charge in [-0.2, -0.15) is 0 Å². The van der Waals surface area contributed by atoms with Gasteiger partial charge < -0.3 is 10.1 Å². The summed E-state index contributed by atoms with van der Waals surface area (Å²) in [5.74, 6) is -0.0890. The number of carbonyl (C=O) groups excluding carboxylic acids is 1. The van der Waals surface area contributed by atoms with Gasteiger partial charge in [-0.15, -0.1) is 0 Å². The van der Waals surface area contributed by atoms with Gasteiger partial charge >= 0.3 is 5.97 Å². The number of carbonyl (C=O) groups is 1. The van der Waals surface area contributed by atoms with E-state index < -0.39 is 0 Å². The van der Waals surface area contributed by atoms with Crippen molar-refractivity contribution in [2.24, 2.45) is 5.41 Å². The Morgan fingerprint density at radius 3 is 2.85 bits per heavy atom. The first-order chi connectivity index (χ1) is 6.24. The fourth-order valence-corrected chi connectivity index (χ4v) is 2.51. The zero-order valence-electron chi connectivity index (χ0n) is 8.14. The van der Waals surface area contributed by atoms with Crippen LogP contribution in [0, 0.1) is 5.41 Å². The second-order valence-electron chi connectivity index (χ2n) is 4.42. The zero-order valence-corrected chi connectivity index (χ0v) is 8.14. The van der Waals surface area contributed by atoms with Crippen molar-refractivity contribution in [1.82, 2.24) is 5.32 Å². The van der Waals surface area contributed by atoms with Crippen LogP contribution in [0.5, 0.6) is 0 Å². The van der Waals surface area contributed by atoms with E-state index in [9.17, 15) is 4.79 Å². The molecule has 1 aliphatic carbocycles. The Morgan fingerprint density at radius 2 is 2.38 bits per heavy atom. The van der Waals surface area contributed by atoms with Crippen LogP contribution in [-0.2, 0) is 9.53 Å². The summed E-state index contributed by atoms with van der Waals surface area (Å²) in [7, 11) is 1.45. The molecule has 1 heterocycles. The molecule has 0 aromatic heterocycles. The third-order valence-electron chi connectivity index (χ3n) is 3.50. The van der Waals surface area contributed by atoms with Gasteiger partial charge in [-0.05, 0) is 24.7 Å². The van der Waals surface area contributed by atoms with Gasteiger partial charge in [0.1, 0.15) is 0 Å². The van der Waals surface area contributed by atoms with Crippen molar-refractivity contribution in [2.45, 2.75) is 38.1 Å². The summed E-state index contributed by atoms with van der Waals surface area (Å²) in [5, 5.41) is 3.41. The predicted octanol–water partition coefficient (Wildman–Crippen LogP) is 1.08. The van der Waals surface area contributed by atoms with E-state index in [0.29, 0.717) is 17.9 Å². The summed E-state index contributed by atoms with van der Waals surface area (Å²) in [6.45, 7) is 1.11. The van der Waals surface area contributed by atoms with E-state index in [2.05, 4.69) is 10.1 Å². The monoisotopic (exact) mass is 183 g/mol. The van der Waals surface area contributed by atoms with E-state index in [1.54, 1.807) is 0 Å². The molecule has 1 saturated heterocycles. The molecule has 0 aromatic rings. The molecular formula is C10H17NO2. The van der Waals surface area contributed by atoms with Gasteiger partial charge in [0.2, 0.25) is 0 Å². The number of methoxy groups -OCH3 is 1. The molecule has 0 bridgehead atoms. The lowest BCUT2D eigenvalue weighted by molar-refractivity contribution is -0.141. The highest BCUT2D eigenvalue weighted by atomic mass is 16.5. The van der Waals surface area contributed by atoms with E-state index in [1.807, 2.05) is 0 Å². The van der Waals surface area contributed by atoms with Gasteiger partial charge in [0.15, 0.2) is 0 Å². The minimum atomic E-state index is -0.0890. The molecule has 1 unspecified atom stereocenters. The standard InChI is InChI=1S/C10H17NO2/c1-13-9(12)5-8-6-10(7-11-8)3-2-4-10/h8,11H,2-7H2,1H3. The highest BCUT2D eigenvalue weighted by molar-refractivity contribution is 5.70. The molecule has 2 fully saturated rings. The van der Waals surface area contributed by atoms with Gasteiger partial charge in [0.05, 0.1) is 13.5 Å². The highest BCUT2D eigenvalue weighted by Gasteiger charge is 2.43. The van der Waals surface area contributed by atoms with Gasteiger partial charge in [0, 0.05) is 12.6 Å². The van der Waals surface area contributed by atoms with Crippen molar-refractivity contribution >= 4 is 5.97 Å². The van der Waals surface area contributed by atoms with E-state index in [1.165, 1.54) is 32.8 Å². The van der Waals surface area contributed by atoms with E-state index in [-0.39, 0.29) is 5.97 Å². The first kappa shape index (κ1) is 9.00. The van der Waals surface area contributed by atoms with Crippen LogP contribution in [0.2, 0.25) is 0 Å². The maximum Gasteiger partial charge on any atom is 0.307 e. The maximum atomic E-state index is 11.0. The average molecular weight is 183 g/mol. The molecule has 2 aliphatic rings. The fourth-order valence-electron chi connectivity index (χ4n) is 2.51. The Balaban J connectivity index is 1.81. The quantitative estimate of drug-likeness (QED) is 0.651. The minimum Gasteiger partial charge on any atom is -0.469 e. The molecule has 74 valence electrons. The Kier molecular flexibility index (Phi) is 2.28. The third kappa shape index (κ3) is 1.70. The van der Waals surface area contributed by atoms with Crippen molar-refractivity contribution in [1.29, 1.82) is 0 Å². The maximum absolute atomic E-state index is 11.0. The van der Waals surface area contributed by atoms with Crippen LogP contribution in [0.25, 0.3) is 0 Å². The molecule has 1 N–H and O–H groups in total. The molecule has 13 heavy (non-hydrogen) atoms. The molecule has 3 heteroatoms. The van der Waals surface area contributed by atoms with Crippen LogP contribution in [-0.4, -0.2) is 25.7 Å². The molecule has 1 saturated carbocycles. The van der Waals surface area contributed by atoms with Gasteiger partial charge in [-0.25, -0.2) is 0 Å². The SMILES string of the molecule is COC(=O)CC1CC2(CCC2)CN1. The van der Waals surface area contributed by atoms with Gasteiger partial charge in [0.25, 0.3) is 0 Å². The van der Waals surface area contributed by atoms with Gasteiger partial charge in [-0.1, -0.05) is 6.42 Å². The normalized spacial score (nSPS) is 30.1. The smallest absolute Gasteiger partial charge is 0.307 e. The van der Waals surface area contributed by atoms with Gasteiger partial charge in [-0.3, -0.25) is 4.79 Å². The summed E-state index contributed by atoms with van der Waals surface area (Å²) in [4.78, 5) is 11.0. The van der Waals surface area contributed by atoms with Crippen LogP contribution in [0.4, 0.5) is 0 Å². The topological polar surface area (TPSA) is 38.3 Å². The molecule has 2 rings (SSSR count). The van der Waals surface area contributed by atoms with Crippen molar-refractivity contribution in [3.8, 4) is 0 Å². The van der Waals surface area contributed by atoms with Crippen LogP contribution in [0.15, 0.2) is 0 Å². The molecule has 0 amide bonds. The van der Waals surface area contributed by atoms with Crippen LogP contribution in [0.1, 0.15) is 32.1 Å². The predicted molar refractivity (Wildman–Crippen MR) is 49.3 cm³/mol. The lowest BCUT2D eigenvalue weighted by Crippen LogP contribution is -2.31. The first-order valence-electron chi connectivity index (χ1n) is 5.04. The summed E-state index contributed by atoms with van der Waals surface area (Å²) >= 11 is 0. The first-order valence-corrected chi connectivity index (χ1v) is 5.04. The van der Waals surface area contributed by atoms with E-state index >= 15 is 0 Å². The number of esters is 1. The molecule has 0 radical (unpaired) electrons. The fraction of sp³-hybridized carbons (Fsp3) is 0.900. The number of hydrogen-bond donors (Lipinski definition) is 1. The summed E-state index contributed by atoms with van der Waals surface area (Å²) in [6.07, 6.45) is 5.77. The molecule has 1 atom stereocenters. The van der Waals surface area contributed by atoms with E-state index in [0.717, 1.165) is 6.54 Å². The lowest BCUT2D eigenvalue weighted by atomic mass is 9.67. The zero-order chi connectivity index (χ0) is 9.31. The summed E-state index contributed by atoms with van der Waals surface area (Å²) < 4.78 is 4.65. The Labute approximate surface area is 78.8 Å². The van der Waals surface area contributed by atoms with Crippen molar-refractivity contribution in [3.63, 3.8) is 0 Å². The Hall–Kier alpha value is -0.570. The number of hydrogen-bond acceptors (Lipinski definition) is 3. The van der Waals surface area contributed by atoms with Crippen molar-refractivity contribution < 1.29 is 9.53 Å². The summed E-state index contributed by atoms with van der Waals surface area (Å²) in [6, 6.07) is 0.368. The van der Waals surface area contributed by atoms with Crippen LogP contribution < -0.4 is 5.32 Å². The minimum absolute atomic E-state index is 0.0890. The third-order valence-corrected chi connectivity index (χ3v) is 3.50. The Morgan fingerprint density at radius 1 is 1.62 bits per heavy atom. The number of rotatable bonds is 2. The largest absolute Gasteiger partial charge is 0.469 e. The van der Waals surface area contributed by atoms with Crippen molar-refractivity contribution in [2.75, 3.05) is 13.7 Å². The second kappa shape index (κ2) is 3.29. The Bertz CT molecular complexity index is 211. The molecule has 1 aliphatic heterocycles. The molecule has 0 aromatic carbocycles. The number of nitrogens with one attached hydrogen (secondary N) is 1. The summed E-state index contributed by atoms with van der Waals surface area (Å²) in [5.41, 5.74) is 0.554. The van der Waals surface area contributed by atoms with Crippen molar-refractivity contribution in [3.05, 3.63) is 0 Å².